The lowest BCUT2D eigenvalue weighted by atomic mass is 10.1. The molecule has 0 saturated carbocycles. The molecule has 2 N–H and O–H groups in total. The first-order valence-corrected chi connectivity index (χ1v) is 6.13. The molecule has 1 rings (SSSR count). The van der Waals surface area contributed by atoms with Gasteiger partial charge in [0.25, 0.3) is 0 Å². The van der Waals surface area contributed by atoms with Gasteiger partial charge in [-0.1, -0.05) is 11.6 Å². The van der Waals surface area contributed by atoms with Crippen LogP contribution in [0, 0.1) is 0 Å². The van der Waals surface area contributed by atoms with Crippen LogP contribution in [-0.2, 0) is 4.74 Å². The first-order chi connectivity index (χ1) is 9.15. The van der Waals surface area contributed by atoms with Crippen LogP contribution in [0.2, 0.25) is 5.02 Å². The first kappa shape index (κ1) is 16.1. The number of ether oxygens (including phenoxy) is 2. The summed E-state index contributed by atoms with van der Waals surface area (Å²) in [6.45, 7) is 5.08. The van der Waals surface area contributed by atoms with Crippen molar-refractivity contribution in [2.45, 2.75) is 26.4 Å². The van der Waals surface area contributed by atoms with Crippen LogP contribution < -0.4 is 10.1 Å². The largest absolute Gasteiger partial charge is 0.495 e. The third kappa shape index (κ3) is 4.03. The molecular weight excluding hydrogens is 286 g/mol. The molecule has 0 aromatic heterocycles. The highest BCUT2D eigenvalue weighted by atomic mass is 35.5. The highest BCUT2D eigenvalue weighted by Crippen LogP contribution is 2.35. The van der Waals surface area contributed by atoms with Gasteiger partial charge < -0.3 is 14.6 Å². The Morgan fingerprint density at radius 3 is 2.35 bits per heavy atom. The molecule has 0 aliphatic carbocycles. The predicted octanol–water partition coefficient (Wildman–Crippen LogP) is 3.39. The van der Waals surface area contributed by atoms with Gasteiger partial charge in [0.05, 0.1) is 18.4 Å². The van der Waals surface area contributed by atoms with E-state index in [4.69, 9.17) is 26.2 Å². The van der Waals surface area contributed by atoms with Gasteiger partial charge >= 0.3 is 12.1 Å². The number of carboxylic acids is 1. The Morgan fingerprint density at radius 2 is 1.90 bits per heavy atom. The first-order valence-electron chi connectivity index (χ1n) is 5.75. The third-order valence-corrected chi connectivity index (χ3v) is 2.56. The maximum atomic E-state index is 11.7. The van der Waals surface area contributed by atoms with Gasteiger partial charge in [-0.25, -0.2) is 9.59 Å². The molecule has 1 aromatic rings. The maximum absolute atomic E-state index is 11.7. The van der Waals surface area contributed by atoms with Crippen molar-refractivity contribution in [3.63, 3.8) is 0 Å². The minimum absolute atomic E-state index is 0.00161. The van der Waals surface area contributed by atoms with Gasteiger partial charge in [-0.15, -0.1) is 0 Å². The number of methoxy groups -OCH3 is 1. The molecule has 0 aliphatic heterocycles. The number of carbonyl (C=O) groups is 2. The Bertz CT molecular complexity index is 536. The van der Waals surface area contributed by atoms with Gasteiger partial charge in [0.15, 0.2) is 0 Å². The van der Waals surface area contributed by atoms with E-state index in [0.29, 0.717) is 0 Å². The van der Waals surface area contributed by atoms with E-state index in [0.717, 1.165) is 0 Å². The highest BCUT2D eigenvalue weighted by molar-refractivity contribution is 6.36. The molecule has 6 nitrogen and oxygen atoms in total. The molecule has 0 unspecified atom stereocenters. The molecule has 1 amide bonds. The van der Waals surface area contributed by atoms with Gasteiger partial charge in [-0.3, -0.25) is 5.32 Å². The average Bonchev–Trinajstić information content (AvgIpc) is 2.28. The van der Waals surface area contributed by atoms with Crippen LogP contribution in [0.3, 0.4) is 0 Å². The number of halogens is 1. The smallest absolute Gasteiger partial charge is 0.412 e. The molecule has 1 aromatic carbocycles. The molecule has 0 bridgehead atoms. The van der Waals surface area contributed by atoms with Crippen LogP contribution in [0.15, 0.2) is 12.1 Å². The number of nitrogens with one attached hydrogen (secondary N) is 1. The molecule has 0 radical (unpaired) electrons. The van der Waals surface area contributed by atoms with E-state index in [1.54, 1.807) is 20.8 Å². The molecule has 0 aliphatic rings. The maximum Gasteiger partial charge on any atom is 0.412 e. The van der Waals surface area contributed by atoms with Crippen molar-refractivity contribution in [3.05, 3.63) is 22.7 Å². The molecular formula is C13H16ClNO5. The number of carboxylic acid groups (broad SMARTS) is 1. The summed E-state index contributed by atoms with van der Waals surface area (Å²) in [5, 5.41) is 11.4. The second-order valence-corrected chi connectivity index (χ2v) is 5.31. The number of anilines is 1. The Kier molecular flexibility index (Phi) is 4.83. The molecule has 0 fully saturated rings. The van der Waals surface area contributed by atoms with Gasteiger partial charge in [-0.2, -0.15) is 0 Å². The Hall–Kier alpha value is -1.95. The van der Waals surface area contributed by atoms with Gasteiger partial charge in [0, 0.05) is 0 Å². The number of benzene rings is 1. The van der Waals surface area contributed by atoms with Crippen LogP contribution in [0.5, 0.6) is 5.75 Å². The van der Waals surface area contributed by atoms with Crippen LogP contribution in [0.1, 0.15) is 31.1 Å². The number of rotatable bonds is 3. The van der Waals surface area contributed by atoms with Crippen molar-refractivity contribution in [1.29, 1.82) is 0 Å². The SMILES string of the molecule is COc1ccc(C(=O)O)c(NC(=O)OC(C)(C)C)c1Cl. The second kappa shape index (κ2) is 6.00. The molecule has 110 valence electrons. The lowest BCUT2D eigenvalue weighted by molar-refractivity contribution is 0.0636. The lowest BCUT2D eigenvalue weighted by Gasteiger charge is -2.20. The molecule has 0 atom stereocenters. The summed E-state index contributed by atoms with van der Waals surface area (Å²) in [5.74, 6) is -0.969. The summed E-state index contributed by atoms with van der Waals surface area (Å²) in [7, 11) is 1.39. The highest BCUT2D eigenvalue weighted by Gasteiger charge is 2.22. The molecule has 20 heavy (non-hydrogen) atoms. The van der Waals surface area contributed by atoms with Crippen molar-refractivity contribution in [1.82, 2.24) is 0 Å². The minimum Gasteiger partial charge on any atom is -0.495 e. The third-order valence-electron chi connectivity index (χ3n) is 2.18. The number of amides is 1. The summed E-state index contributed by atoms with van der Waals surface area (Å²) in [6.07, 6.45) is -0.796. The van der Waals surface area contributed by atoms with E-state index >= 15 is 0 Å². The quantitative estimate of drug-likeness (QED) is 0.894. The topological polar surface area (TPSA) is 84.9 Å². The summed E-state index contributed by atoms with van der Waals surface area (Å²) in [6, 6.07) is 2.70. The summed E-state index contributed by atoms with van der Waals surface area (Å²) >= 11 is 6.01. The zero-order valence-electron chi connectivity index (χ0n) is 11.6. The normalized spacial score (nSPS) is 10.8. The van der Waals surface area contributed by atoms with Gasteiger partial charge in [0.1, 0.15) is 16.4 Å². The average molecular weight is 302 g/mol. The lowest BCUT2D eigenvalue weighted by Crippen LogP contribution is -2.28. The monoisotopic (exact) mass is 301 g/mol. The van der Waals surface area contributed by atoms with E-state index in [1.165, 1.54) is 19.2 Å². The van der Waals surface area contributed by atoms with E-state index in [9.17, 15) is 9.59 Å². The van der Waals surface area contributed by atoms with Crippen molar-refractivity contribution < 1.29 is 24.2 Å². The fourth-order valence-corrected chi connectivity index (χ4v) is 1.71. The number of aromatic carboxylic acids is 1. The van der Waals surface area contributed by atoms with Crippen LogP contribution in [0.25, 0.3) is 0 Å². The molecule has 7 heteroatoms. The second-order valence-electron chi connectivity index (χ2n) is 4.94. The van der Waals surface area contributed by atoms with Crippen molar-refractivity contribution in [2.24, 2.45) is 0 Å². The van der Waals surface area contributed by atoms with Crippen LogP contribution in [-0.4, -0.2) is 29.9 Å². The van der Waals surface area contributed by atoms with E-state index in [-0.39, 0.29) is 22.0 Å². The van der Waals surface area contributed by atoms with Gasteiger partial charge in [0.2, 0.25) is 0 Å². The number of carbonyl (C=O) groups excluding carboxylic acids is 1. The minimum atomic E-state index is -1.22. The van der Waals surface area contributed by atoms with Crippen molar-refractivity contribution in [3.8, 4) is 5.75 Å². The Labute approximate surface area is 121 Å². The predicted molar refractivity (Wildman–Crippen MR) is 74.8 cm³/mol. The molecule has 0 saturated heterocycles. The van der Waals surface area contributed by atoms with Crippen LogP contribution in [0.4, 0.5) is 10.5 Å². The van der Waals surface area contributed by atoms with Crippen LogP contribution >= 0.6 is 11.6 Å². The zero-order valence-corrected chi connectivity index (χ0v) is 12.4. The fraction of sp³-hybridized carbons (Fsp3) is 0.385. The molecule has 0 heterocycles. The summed E-state index contributed by atoms with van der Waals surface area (Å²) < 4.78 is 10.0. The summed E-state index contributed by atoms with van der Waals surface area (Å²) in [5.41, 5.74) is -0.923. The fourth-order valence-electron chi connectivity index (χ4n) is 1.42. The Balaban J connectivity index is 3.15. The van der Waals surface area contributed by atoms with E-state index < -0.39 is 17.7 Å². The van der Waals surface area contributed by atoms with Crippen molar-refractivity contribution >= 4 is 29.4 Å². The number of hydrogen-bond acceptors (Lipinski definition) is 4. The van der Waals surface area contributed by atoms with Crippen molar-refractivity contribution in [2.75, 3.05) is 12.4 Å². The standard InChI is InChI=1S/C13H16ClNO5/c1-13(2,3)20-12(18)15-10-7(11(16)17)5-6-8(19-4)9(10)14/h5-6H,1-4H3,(H,15,18)(H,16,17). The Morgan fingerprint density at radius 1 is 1.30 bits per heavy atom. The van der Waals surface area contributed by atoms with E-state index in [2.05, 4.69) is 5.32 Å². The molecule has 0 spiro atoms. The summed E-state index contributed by atoms with van der Waals surface area (Å²) in [4.78, 5) is 22.9. The number of hydrogen-bond donors (Lipinski definition) is 2. The van der Waals surface area contributed by atoms with Gasteiger partial charge in [-0.05, 0) is 32.9 Å². The van der Waals surface area contributed by atoms with E-state index in [1.807, 2.05) is 0 Å². The zero-order chi connectivity index (χ0) is 15.5.